The zero-order valence-corrected chi connectivity index (χ0v) is 10.3. The molecule has 0 saturated heterocycles. The molecule has 0 bridgehead atoms. The van der Waals surface area contributed by atoms with Crippen molar-refractivity contribution in [3.05, 3.63) is 48.1 Å². The Balaban J connectivity index is 2.15. The van der Waals surface area contributed by atoms with E-state index in [9.17, 15) is 4.79 Å². The Morgan fingerprint density at radius 1 is 1.12 bits per heavy atom. The number of nitrogens with zero attached hydrogens (tertiary/aromatic N) is 1. The molecule has 2 rings (SSSR count). The van der Waals surface area contributed by atoms with Gasteiger partial charge in [0.15, 0.2) is 5.78 Å². The van der Waals surface area contributed by atoms with Gasteiger partial charge in [0.25, 0.3) is 0 Å². The molecule has 1 aromatic carbocycles. The third-order valence-corrected chi connectivity index (χ3v) is 2.93. The van der Waals surface area contributed by atoms with Crippen molar-refractivity contribution in [1.29, 1.82) is 0 Å². The molecule has 0 N–H and O–H groups in total. The lowest BCUT2D eigenvalue weighted by Crippen LogP contribution is -2.18. The topological polar surface area (TPSA) is 20.3 Å². The fourth-order valence-electron chi connectivity index (χ4n) is 2.01. The van der Waals surface area contributed by atoms with E-state index in [0.717, 1.165) is 24.2 Å². The first-order valence-electron chi connectivity index (χ1n) is 5.86. The average molecular weight is 227 g/mol. The van der Waals surface area contributed by atoms with Gasteiger partial charge in [0.1, 0.15) is 0 Å². The predicted molar refractivity (Wildman–Crippen MR) is 72.1 cm³/mol. The highest BCUT2D eigenvalue weighted by Crippen LogP contribution is 2.21. The molecule has 1 aromatic rings. The summed E-state index contributed by atoms with van der Waals surface area (Å²) in [5.41, 5.74) is 3.36. The Bertz CT molecular complexity index is 460. The number of rotatable bonds is 3. The number of benzene rings is 1. The zero-order valence-electron chi connectivity index (χ0n) is 10.3. The molecule has 2 heteroatoms. The second kappa shape index (κ2) is 5.00. The molecule has 0 fully saturated rings. The van der Waals surface area contributed by atoms with E-state index in [1.165, 1.54) is 5.69 Å². The summed E-state index contributed by atoms with van der Waals surface area (Å²) in [6, 6.07) is 8.37. The molecule has 0 radical (unpaired) electrons. The number of hydrogen-bond acceptors (Lipinski definition) is 2. The van der Waals surface area contributed by atoms with Crippen molar-refractivity contribution in [1.82, 2.24) is 0 Å². The Hall–Kier alpha value is -1.83. The van der Waals surface area contributed by atoms with Gasteiger partial charge in [-0.2, -0.15) is 0 Å². The van der Waals surface area contributed by atoms with Crippen LogP contribution < -0.4 is 4.90 Å². The van der Waals surface area contributed by atoms with Gasteiger partial charge in [-0.05, 0) is 43.2 Å². The van der Waals surface area contributed by atoms with Crippen LogP contribution in [0.3, 0.4) is 0 Å². The molecule has 1 aliphatic heterocycles. The number of allylic oxidation sites excluding steroid dienone is 2. The second-order valence-corrected chi connectivity index (χ2v) is 4.36. The molecule has 0 amide bonds. The number of carbonyl (C=O) groups is 1. The minimum atomic E-state index is 0.0929. The Kier molecular flexibility index (Phi) is 3.43. The largest absolute Gasteiger partial charge is 0.364 e. The lowest BCUT2D eigenvalue weighted by Gasteiger charge is -2.17. The van der Waals surface area contributed by atoms with Gasteiger partial charge in [-0.3, -0.25) is 4.79 Å². The predicted octanol–water partition coefficient (Wildman–Crippen LogP) is 3.06. The quantitative estimate of drug-likeness (QED) is 0.584. The van der Waals surface area contributed by atoms with E-state index < -0.39 is 0 Å². The van der Waals surface area contributed by atoms with Gasteiger partial charge in [0, 0.05) is 18.8 Å². The van der Waals surface area contributed by atoms with Gasteiger partial charge in [0.05, 0.1) is 0 Å². The maximum absolute atomic E-state index is 11.0. The van der Waals surface area contributed by atoms with Crippen LogP contribution in [0, 0.1) is 0 Å². The van der Waals surface area contributed by atoms with Gasteiger partial charge in [0.2, 0.25) is 0 Å². The third-order valence-electron chi connectivity index (χ3n) is 2.93. The molecule has 0 aliphatic carbocycles. The smallest absolute Gasteiger partial charge is 0.152 e. The zero-order chi connectivity index (χ0) is 12.3. The van der Waals surface area contributed by atoms with E-state index in [0.29, 0.717) is 0 Å². The summed E-state index contributed by atoms with van der Waals surface area (Å²) in [7, 11) is 0. The minimum Gasteiger partial charge on any atom is -0.364 e. The van der Waals surface area contributed by atoms with Gasteiger partial charge in [-0.25, -0.2) is 0 Å². The summed E-state index contributed by atoms with van der Waals surface area (Å²) in [5, 5.41) is 0. The van der Waals surface area contributed by atoms with E-state index in [4.69, 9.17) is 0 Å². The molecule has 88 valence electrons. The maximum Gasteiger partial charge on any atom is 0.152 e. The number of anilines is 1. The molecule has 0 spiro atoms. The summed E-state index contributed by atoms with van der Waals surface area (Å²) >= 11 is 0. The van der Waals surface area contributed by atoms with E-state index in [-0.39, 0.29) is 5.78 Å². The molecule has 0 atom stereocenters. The van der Waals surface area contributed by atoms with Crippen LogP contribution in [-0.4, -0.2) is 18.9 Å². The molecule has 17 heavy (non-hydrogen) atoms. The van der Waals surface area contributed by atoms with Crippen molar-refractivity contribution in [2.45, 2.75) is 13.8 Å². The van der Waals surface area contributed by atoms with Crippen LogP contribution in [-0.2, 0) is 4.79 Å². The van der Waals surface area contributed by atoms with Crippen molar-refractivity contribution in [3.8, 4) is 0 Å². The Labute approximate surface area is 102 Å². The number of ketones is 1. The van der Waals surface area contributed by atoms with Crippen LogP contribution in [0.1, 0.15) is 19.4 Å². The van der Waals surface area contributed by atoms with Crippen molar-refractivity contribution in [2.75, 3.05) is 18.0 Å². The van der Waals surface area contributed by atoms with Crippen LogP contribution in [0.15, 0.2) is 42.5 Å². The molecular weight excluding hydrogens is 210 g/mol. The van der Waals surface area contributed by atoms with Gasteiger partial charge in [-0.1, -0.05) is 24.3 Å². The van der Waals surface area contributed by atoms with Crippen molar-refractivity contribution in [3.63, 3.8) is 0 Å². The van der Waals surface area contributed by atoms with E-state index in [1.54, 1.807) is 13.0 Å². The highest BCUT2D eigenvalue weighted by molar-refractivity contribution is 5.94. The normalized spacial score (nSPS) is 15.4. The summed E-state index contributed by atoms with van der Waals surface area (Å²) in [4.78, 5) is 13.3. The summed E-state index contributed by atoms with van der Waals surface area (Å²) < 4.78 is 0. The molecule has 0 aromatic heterocycles. The standard InChI is InChI=1S/C15H17NO/c1-12(11-13(2)17)14-5-7-15(8-6-14)16-9-3-4-10-16/h3-8,11H,9-10H2,1-2H3. The van der Waals surface area contributed by atoms with Crippen LogP contribution in [0.4, 0.5) is 5.69 Å². The monoisotopic (exact) mass is 227 g/mol. The van der Waals surface area contributed by atoms with Crippen LogP contribution >= 0.6 is 0 Å². The Morgan fingerprint density at radius 2 is 1.71 bits per heavy atom. The summed E-state index contributed by atoms with van der Waals surface area (Å²) in [5.74, 6) is 0.0929. The number of hydrogen-bond donors (Lipinski definition) is 0. The minimum absolute atomic E-state index is 0.0929. The maximum atomic E-state index is 11.0. The van der Waals surface area contributed by atoms with Gasteiger partial charge < -0.3 is 4.90 Å². The van der Waals surface area contributed by atoms with E-state index in [2.05, 4.69) is 41.3 Å². The van der Waals surface area contributed by atoms with Crippen molar-refractivity contribution >= 4 is 17.0 Å². The SMILES string of the molecule is CC(=O)C=C(C)c1ccc(N2CC=CC2)cc1. The lowest BCUT2D eigenvalue weighted by atomic mass is 10.1. The third kappa shape index (κ3) is 2.84. The molecular formula is C15H17NO. The first-order chi connectivity index (χ1) is 8.16. The average Bonchev–Trinajstić information content (AvgIpc) is 2.82. The van der Waals surface area contributed by atoms with Gasteiger partial charge in [-0.15, -0.1) is 0 Å². The summed E-state index contributed by atoms with van der Waals surface area (Å²) in [6.45, 7) is 5.52. The highest BCUT2D eigenvalue weighted by Gasteiger charge is 2.07. The van der Waals surface area contributed by atoms with Crippen molar-refractivity contribution in [2.24, 2.45) is 0 Å². The molecule has 1 heterocycles. The fraction of sp³-hybridized carbons (Fsp3) is 0.267. The van der Waals surface area contributed by atoms with Gasteiger partial charge >= 0.3 is 0 Å². The molecule has 2 nitrogen and oxygen atoms in total. The van der Waals surface area contributed by atoms with Crippen LogP contribution in [0.25, 0.3) is 5.57 Å². The van der Waals surface area contributed by atoms with Crippen molar-refractivity contribution < 1.29 is 4.79 Å². The molecule has 0 saturated carbocycles. The highest BCUT2D eigenvalue weighted by atomic mass is 16.1. The first-order valence-corrected chi connectivity index (χ1v) is 5.86. The summed E-state index contributed by atoms with van der Waals surface area (Å²) in [6.07, 6.45) is 6.02. The molecule has 0 unspecified atom stereocenters. The second-order valence-electron chi connectivity index (χ2n) is 4.36. The Morgan fingerprint density at radius 3 is 2.24 bits per heavy atom. The molecule has 1 aliphatic rings. The fourth-order valence-corrected chi connectivity index (χ4v) is 2.01. The number of carbonyl (C=O) groups excluding carboxylic acids is 1. The van der Waals surface area contributed by atoms with Crippen LogP contribution in [0.2, 0.25) is 0 Å². The first kappa shape index (κ1) is 11.6. The van der Waals surface area contributed by atoms with E-state index in [1.807, 2.05) is 6.92 Å². The van der Waals surface area contributed by atoms with E-state index >= 15 is 0 Å². The lowest BCUT2D eigenvalue weighted by molar-refractivity contribution is -0.112. The van der Waals surface area contributed by atoms with Crippen LogP contribution in [0.5, 0.6) is 0 Å².